The summed E-state index contributed by atoms with van der Waals surface area (Å²) in [6, 6.07) is 2.03. The van der Waals surface area contributed by atoms with Crippen LogP contribution in [0.15, 0.2) is 18.2 Å². The van der Waals surface area contributed by atoms with Crippen molar-refractivity contribution in [3.05, 3.63) is 35.4 Å². The van der Waals surface area contributed by atoms with E-state index in [9.17, 15) is 23.5 Å². The van der Waals surface area contributed by atoms with Gasteiger partial charge in [0.25, 0.3) is 0 Å². The third-order valence-electron chi connectivity index (χ3n) is 2.73. The Labute approximate surface area is 119 Å². The highest BCUT2D eigenvalue weighted by Gasteiger charge is 2.27. The molecule has 1 aromatic rings. The van der Waals surface area contributed by atoms with Crippen molar-refractivity contribution >= 4 is 12.0 Å². The summed E-state index contributed by atoms with van der Waals surface area (Å²) in [6.45, 7) is 0.865. The summed E-state index contributed by atoms with van der Waals surface area (Å²) in [5.41, 5.74) is -1.89. The normalized spacial score (nSPS) is 13.3. The predicted molar refractivity (Wildman–Crippen MR) is 69.6 cm³/mol. The van der Waals surface area contributed by atoms with Crippen molar-refractivity contribution in [3.63, 3.8) is 0 Å². The van der Waals surface area contributed by atoms with Gasteiger partial charge in [-0.3, -0.25) is 4.79 Å². The molecule has 1 aromatic carbocycles. The minimum Gasteiger partial charge on any atom is -0.481 e. The van der Waals surface area contributed by atoms with Crippen LogP contribution in [-0.4, -0.2) is 35.3 Å². The Balaban J connectivity index is 2.56. The third kappa shape index (κ3) is 5.35. The molecule has 0 radical (unpaired) electrons. The van der Waals surface area contributed by atoms with E-state index in [4.69, 9.17) is 5.11 Å². The zero-order chi connectivity index (χ0) is 16.0. The standard InChI is InChI=1S/C13H16F2N2O4/c1-13(21,9-3-2-8(14)6-10(9)15)7-17-12(20)16-5-4-11(18)19/h2-3,6,21H,4-5,7H2,1H3,(H,18,19)(H2,16,17,20). The van der Waals surface area contributed by atoms with Gasteiger partial charge in [0.2, 0.25) is 0 Å². The molecule has 2 amide bonds. The number of carboxylic acid groups (broad SMARTS) is 1. The molecule has 0 aromatic heterocycles. The van der Waals surface area contributed by atoms with E-state index >= 15 is 0 Å². The van der Waals surface area contributed by atoms with E-state index in [2.05, 4.69) is 10.6 Å². The van der Waals surface area contributed by atoms with E-state index in [-0.39, 0.29) is 25.1 Å². The van der Waals surface area contributed by atoms with E-state index in [1.807, 2.05) is 0 Å². The molecule has 1 unspecified atom stereocenters. The highest BCUT2D eigenvalue weighted by atomic mass is 19.1. The number of aliphatic carboxylic acids is 1. The highest BCUT2D eigenvalue weighted by Crippen LogP contribution is 2.23. The highest BCUT2D eigenvalue weighted by molar-refractivity contribution is 5.75. The van der Waals surface area contributed by atoms with Crippen molar-refractivity contribution in [1.29, 1.82) is 0 Å². The van der Waals surface area contributed by atoms with Crippen LogP contribution in [0.3, 0.4) is 0 Å². The minimum atomic E-state index is -1.73. The Kier molecular flexibility index (Phi) is 5.60. The lowest BCUT2D eigenvalue weighted by Gasteiger charge is -2.24. The quantitative estimate of drug-likeness (QED) is 0.628. The molecule has 6 nitrogen and oxygen atoms in total. The van der Waals surface area contributed by atoms with E-state index < -0.39 is 29.2 Å². The SMILES string of the molecule is CC(O)(CNC(=O)NCCC(=O)O)c1ccc(F)cc1F. The second-order valence-corrected chi connectivity index (χ2v) is 4.65. The van der Waals surface area contributed by atoms with E-state index in [0.29, 0.717) is 6.07 Å². The van der Waals surface area contributed by atoms with Gasteiger partial charge in [-0.25, -0.2) is 13.6 Å². The van der Waals surface area contributed by atoms with Crippen LogP contribution in [0.25, 0.3) is 0 Å². The molecule has 0 spiro atoms. The fourth-order valence-electron chi connectivity index (χ4n) is 1.62. The van der Waals surface area contributed by atoms with Gasteiger partial charge in [-0.15, -0.1) is 0 Å². The number of halogens is 2. The largest absolute Gasteiger partial charge is 0.481 e. The number of urea groups is 1. The first kappa shape index (κ1) is 16.8. The Hall–Kier alpha value is -2.22. The molecule has 0 heterocycles. The first-order valence-electron chi connectivity index (χ1n) is 6.14. The number of hydrogen-bond acceptors (Lipinski definition) is 3. The summed E-state index contributed by atoms with van der Waals surface area (Å²) >= 11 is 0. The zero-order valence-electron chi connectivity index (χ0n) is 11.3. The predicted octanol–water partition coefficient (Wildman–Crippen LogP) is 0.946. The number of rotatable bonds is 6. The molecule has 0 saturated carbocycles. The van der Waals surface area contributed by atoms with E-state index in [0.717, 1.165) is 12.1 Å². The van der Waals surface area contributed by atoms with Crippen LogP contribution in [0.5, 0.6) is 0 Å². The molecule has 0 fully saturated rings. The molecule has 4 N–H and O–H groups in total. The van der Waals surface area contributed by atoms with Crippen LogP contribution in [0, 0.1) is 11.6 Å². The van der Waals surface area contributed by atoms with Crippen molar-refractivity contribution in [1.82, 2.24) is 10.6 Å². The molecule has 0 aliphatic heterocycles. The van der Waals surface area contributed by atoms with Gasteiger partial charge in [-0.2, -0.15) is 0 Å². The number of carboxylic acids is 1. The number of carbonyl (C=O) groups excluding carboxylic acids is 1. The molecule has 0 saturated heterocycles. The Morgan fingerprint density at radius 2 is 1.95 bits per heavy atom. The molecule has 21 heavy (non-hydrogen) atoms. The van der Waals surface area contributed by atoms with Crippen molar-refractivity contribution < 1.29 is 28.6 Å². The monoisotopic (exact) mass is 302 g/mol. The molecule has 1 rings (SSSR count). The van der Waals surface area contributed by atoms with Crippen LogP contribution in [0.1, 0.15) is 18.9 Å². The van der Waals surface area contributed by atoms with Crippen LogP contribution in [0.4, 0.5) is 13.6 Å². The number of nitrogens with one attached hydrogen (secondary N) is 2. The maximum Gasteiger partial charge on any atom is 0.314 e. The maximum absolute atomic E-state index is 13.6. The zero-order valence-corrected chi connectivity index (χ0v) is 11.3. The lowest BCUT2D eigenvalue weighted by molar-refractivity contribution is -0.136. The summed E-state index contributed by atoms with van der Waals surface area (Å²) in [5, 5.41) is 23.1. The second-order valence-electron chi connectivity index (χ2n) is 4.65. The van der Waals surface area contributed by atoms with Gasteiger partial charge >= 0.3 is 12.0 Å². The first-order chi connectivity index (χ1) is 9.72. The average Bonchev–Trinajstić information content (AvgIpc) is 2.35. The average molecular weight is 302 g/mol. The molecule has 0 aliphatic carbocycles. The van der Waals surface area contributed by atoms with Crippen LogP contribution in [-0.2, 0) is 10.4 Å². The van der Waals surface area contributed by atoms with Crippen LogP contribution < -0.4 is 10.6 Å². The summed E-state index contributed by atoms with van der Waals surface area (Å²) in [6.07, 6.45) is -0.240. The molecule has 116 valence electrons. The second kappa shape index (κ2) is 6.98. The van der Waals surface area contributed by atoms with Crippen LogP contribution >= 0.6 is 0 Å². The summed E-state index contributed by atoms with van der Waals surface area (Å²) < 4.78 is 26.4. The summed E-state index contributed by atoms with van der Waals surface area (Å²) in [5.74, 6) is -2.75. The molecule has 0 aliphatic rings. The van der Waals surface area contributed by atoms with Gasteiger partial charge in [-0.1, -0.05) is 6.07 Å². The van der Waals surface area contributed by atoms with Gasteiger partial charge < -0.3 is 20.8 Å². The Morgan fingerprint density at radius 1 is 1.29 bits per heavy atom. The van der Waals surface area contributed by atoms with Gasteiger partial charge in [0, 0.05) is 18.2 Å². The third-order valence-corrected chi connectivity index (χ3v) is 2.73. The van der Waals surface area contributed by atoms with E-state index in [1.54, 1.807) is 0 Å². The molecule has 8 heteroatoms. The lowest BCUT2D eigenvalue weighted by atomic mass is 9.95. The van der Waals surface area contributed by atoms with Crippen molar-refractivity contribution in [2.45, 2.75) is 18.9 Å². The number of carbonyl (C=O) groups is 2. The fraction of sp³-hybridized carbons (Fsp3) is 0.385. The maximum atomic E-state index is 13.6. The van der Waals surface area contributed by atoms with Crippen molar-refractivity contribution in [2.24, 2.45) is 0 Å². The fourth-order valence-corrected chi connectivity index (χ4v) is 1.62. The van der Waals surface area contributed by atoms with Crippen LogP contribution in [0.2, 0.25) is 0 Å². The first-order valence-corrected chi connectivity index (χ1v) is 6.14. The number of benzene rings is 1. The lowest BCUT2D eigenvalue weighted by Crippen LogP contribution is -2.44. The molecular weight excluding hydrogens is 286 g/mol. The smallest absolute Gasteiger partial charge is 0.314 e. The number of amides is 2. The van der Waals surface area contributed by atoms with Crippen molar-refractivity contribution in [3.8, 4) is 0 Å². The summed E-state index contributed by atoms with van der Waals surface area (Å²) in [4.78, 5) is 21.6. The van der Waals surface area contributed by atoms with Gasteiger partial charge in [0.1, 0.15) is 17.2 Å². The minimum absolute atomic E-state index is 0.0752. The molecular formula is C13H16F2N2O4. The van der Waals surface area contributed by atoms with Gasteiger partial charge in [0.05, 0.1) is 13.0 Å². The molecule has 0 bridgehead atoms. The number of hydrogen-bond donors (Lipinski definition) is 4. The number of aliphatic hydroxyl groups is 1. The summed E-state index contributed by atoms with van der Waals surface area (Å²) in [7, 11) is 0. The Morgan fingerprint density at radius 3 is 2.52 bits per heavy atom. The topological polar surface area (TPSA) is 98.7 Å². The Bertz CT molecular complexity index is 535. The van der Waals surface area contributed by atoms with Gasteiger partial charge in [0.15, 0.2) is 0 Å². The van der Waals surface area contributed by atoms with Crippen molar-refractivity contribution in [2.75, 3.05) is 13.1 Å². The van der Waals surface area contributed by atoms with Gasteiger partial charge in [-0.05, 0) is 13.0 Å². The van der Waals surface area contributed by atoms with E-state index in [1.165, 1.54) is 6.92 Å². The molecule has 1 atom stereocenters.